The van der Waals surface area contributed by atoms with E-state index in [9.17, 15) is 17.4 Å². The molecule has 0 bridgehead atoms. The van der Waals surface area contributed by atoms with Crippen LogP contribution in [0, 0.1) is 0 Å². The Kier molecular flexibility index (Phi) is 4.81. The van der Waals surface area contributed by atoms with Crippen LogP contribution in [0.5, 0.6) is 0 Å². The predicted molar refractivity (Wildman–Crippen MR) is 70.7 cm³/mol. The summed E-state index contributed by atoms with van der Waals surface area (Å²) in [5, 5.41) is -0.272. The normalized spacial score (nSPS) is 15.1. The number of hydrogen-bond acceptors (Lipinski definition) is 4. The van der Waals surface area contributed by atoms with E-state index >= 15 is 0 Å². The van der Waals surface area contributed by atoms with Gasteiger partial charge in [-0.25, -0.2) is 8.42 Å². The van der Waals surface area contributed by atoms with Gasteiger partial charge in [-0.1, -0.05) is 6.92 Å². The van der Waals surface area contributed by atoms with Crippen molar-refractivity contribution in [3.63, 3.8) is 0 Å². The number of hydrogen-bond donors (Lipinski definition) is 0. The van der Waals surface area contributed by atoms with E-state index in [2.05, 4.69) is 0 Å². The summed E-state index contributed by atoms with van der Waals surface area (Å²) in [4.78, 5) is 11.7. The molecule has 6 heteroatoms. The Morgan fingerprint density at radius 2 is 1.78 bits per heavy atom. The van der Waals surface area contributed by atoms with Crippen molar-refractivity contribution < 1.29 is 17.4 Å². The van der Waals surface area contributed by atoms with Crippen molar-refractivity contribution in [2.45, 2.75) is 35.3 Å². The first-order valence-corrected chi connectivity index (χ1v) is 8.52. The molecule has 0 radical (unpaired) electrons. The van der Waals surface area contributed by atoms with Gasteiger partial charge in [-0.15, -0.1) is 0 Å². The maximum atomic E-state index is 12.1. The molecular formula is C12H16O4S2. The highest BCUT2D eigenvalue weighted by molar-refractivity contribution is 7.90. The van der Waals surface area contributed by atoms with Crippen molar-refractivity contribution >= 4 is 26.4 Å². The lowest BCUT2D eigenvalue weighted by atomic mass is 10.2. The van der Waals surface area contributed by atoms with E-state index in [0.717, 1.165) is 6.26 Å². The van der Waals surface area contributed by atoms with Crippen molar-refractivity contribution in [3.8, 4) is 0 Å². The Bertz CT molecular complexity index is 558. The van der Waals surface area contributed by atoms with Gasteiger partial charge >= 0.3 is 0 Å². The Balaban J connectivity index is 2.92. The lowest BCUT2D eigenvalue weighted by Gasteiger charge is -2.09. The van der Waals surface area contributed by atoms with Gasteiger partial charge < -0.3 is 0 Å². The largest absolute Gasteiger partial charge is 0.300 e. The summed E-state index contributed by atoms with van der Waals surface area (Å²) in [6.07, 6.45) is 1.37. The van der Waals surface area contributed by atoms with Crippen LogP contribution in [0.3, 0.4) is 0 Å². The molecule has 0 aromatic heterocycles. The third-order valence-electron chi connectivity index (χ3n) is 2.42. The van der Waals surface area contributed by atoms with Crippen molar-refractivity contribution in [1.29, 1.82) is 0 Å². The molecule has 0 aliphatic heterocycles. The van der Waals surface area contributed by atoms with Crippen molar-refractivity contribution in [3.05, 3.63) is 24.3 Å². The fraction of sp³-hybridized carbons (Fsp3) is 0.417. The van der Waals surface area contributed by atoms with Crippen molar-refractivity contribution in [2.24, 2.45) is 0 Å². The summed E-state index contributed by atoms with van der Waals surface area (Å²) in [6, 6.07) is 5.93. The number of benzene rings is 1. The van der Waals surface area contributed by atoms with Gasteiger partial charge in [0, 0.05) is 22.8 Å². The van der Waals surface area contributed by atoms with Crippen LogP contribution < -0.4 is 0 Å². The second kappa shape index (κ2) is 5.75. The van der Waals surface area contributed by atoms with Crippen molar-refractivity contribution in [1.82, 2.24) is 0 Å². The number of carbonyl (C=O) groups is 1. The van der Waals surface area contributed by atoms with Gasteiger partial charge in [0.05, 0.1) is 15.7 Å². The van der Waals surface area contributed by atoms with Gasteiger partial charge in [0.25, 0.3) is 0 Å². The fourth-order valence-corrected chi connectivity index (χ4v) is 3.42. The molecule has 2 unspecified atom stereocenters. The second-order valence-electron chi connectivity index (χ2n) is 4.26. The number of carbonyl (C=O) groups excluding carboxylic acids is 1. The van der Waals surface area contributed by atoms with Gasteiger partial charge in [-0.2, -0.15) is 0 Å². The fourth-order valence-electron chi connectivity index (χ4n) is 1.53. The van der Waals surface area contributed by atoms with Crippen LogP contribution >= 0.6 is 0 Å². The molecule has 0 heterocycles. The molecule has 0 aliphatic rings. The minimum absolute atomic E-state index is 0.0105. The SMILES string of the molecule is CC(=O)CC(C)S(=O)c1ccc(S(C)(=O)=O)cc1. The zero-order valence-electron chi connectivity index (χ0n) is 10.5. The molecule has 0 saturated carbocycles. The molecule has 0 aliphatic carbocycles. The third-order valence-corrected chi connectivity index (χ3v) is 5.19. The van der Waals surface area contributed by atoms with E-state index in [4.69, 9.17) is 0 Å². The highest BCUT2D eigenvalue weighted by Crippen LogP contribution is 2.17. The maximum absolute atomic E-state index is 12.1. The van der Waals surface area contributed by atoms with E-state index in [0.29, 0.717) is 4.90 Å². The highest BCUT2D eigenvalue weighted by Gasteiger charge is 2.16. The molecule has 0 spiro atoms. The summed E-state index contributed by atoms with van der Waals surface area (Å²) in [7, 11) is -4.54. The summed E-state index contributed by atoms with van der Waals surface area (Å²) in [5.74, 6) is -0.0105. The molecule has 1 aromatic rings. The topological polar surface area (TPSA) is 68.3 Å². The Hall–Kier alpha value is -1.01. The average molecular weight is 288 g/mol. The summed E-state index contributed by atoms with van der Waals surface area (Å²) in [5.41, 5.74) is 0. The van der Waals surface area contributed by atoms with Crippen LogP contribution in [0.2, 0.25) is 0 Å². The molecular weight excluding hydrogens is 272 g/mol. The van der Waals surface area contributed by atoms with Gasteiger partial charge in [0.1, 0.15) is 5.78 Å². The lowest BCUT2D eigenvalue weighted by Crippen LogP contribution is -2.14. The molecule has 100 valence electrons. The summed E-state index contributed by atoms with van der Waals surface area (Å²) < 4.78 is 34.6. The van der Waals surface area contributed by atoms with E-state index < -0.39 is 20.6 Å². The minimum Gasteiger partial charge on any atom is -0.300 e. The van der Waals surface area contributed by atoms with Crippen LogP contribution in [0.4, 0.5) is 0 Å². The molecule has 0 saturated heterocycles. The smallest absolute Gasteiger partial charge is 0.175 e. The minimum atomic E-state index is -3.24. The van der Waals surface area contributed by atoms with Gasteiger partial charge in [-0.05, 0) is 31.2 Å². The molecule has 2 atom stereocenters. The summed E-state index contributed by atoms with van der Waals surface area (Å²) >= 11 is 0. The van der Waals surface area contributed by atoms with Crippen LogP contribution in [0.25, 0.3) is 0 Å². The zero-order chi connectivity index (χ0) is 13.9. The lowest BCUT2D eigenvalue weighted by molar-refractivity contribution is -0.116. The number of sulfone groups is 1. The predicted octanol–water partition coefficient (Wildman–Crippen LogP) is 1.57. The Morgan fingerprint density at radius 3 is 2.17 bits per heavy atom. The molecule has 0 amide bonds. The van der Waals surface area contributed by atoms with Crippen LogP contribution in [-0.4, -0.2) is 29.9 Å². The Morgan fingerprint density at radius 1 is 1.28 bits per heavy atom. The highest BCUT2D eigenvalue weighted by atomic mass is 32.2. The summed E-state index contributed by atoms with van der Waals surface area (Å²) in [6.45, 7) is 3.20. The standard InChI is InChI=1S/C12H16O4S2/c1-9(13)8-10(2)17(14)11-4-6-12(7-5-11)18(3,15)16/h4-7,10H,8H2,1-3H3. The molecule has 4 nitrogen and oxygen atoms in total. The maximum Gasteiger partial charge on any atom is 0.175 e. The second-order valence-corrected chi connectivity index (χ2v) is 8.14. The Labute approximate surface area is 110 Å². The zero-order valence-corrected chi connectivity index (χ0v) is 12.2. The van der Waals surface area contributed by atoms with E-state index in [1.54, 1.807) is 6.92 Å². The van der Waals surface area contributed by atoms with Gasteiger partial charge in [0.15, 0.2) is 9.84 Å². The molecule has 18 heavy (non-hydrogen) atoms. The monoisotopic (exact) mass is 288 g/mol. The van der Waals surface area contributed by atoms with Crippen LogP contribution in [0.1, 0.15) is 20.3 Å². The van der Waals surface area contributed by atoms with Crippen molar-refractivity contribution in [2.75, 3.05) is 6.26 Å². The third kappa shape index (κ3) is 4.03. The van der Waals surface area contributed by atoms with Gasteiger partial charge in [0.2, 0.25) is 0 Å². The number of Topliss-reactive ketones (excluding diaryl/α,β-unsaturated/α-hetero) is 1. The first kappa shape index (κ1) is 15.0. The molecule has 0 fully saturated rings. The van der Waals surface area contributed by atoms with E-state index in [1.165, 1.54) is 31.2 Å². The first-order chi connectivity index (χ1) is 8.21. The average Bonchev–Trinajstić information content (AvgIpc) is 2.26. The van der Waals surface area contributed by atoms with Crippen LogP contribution in [0.15, 0.2) is 34.1 Å². The molecule has 1 rings (SSSR count). The molecule has 1 aromatic carbocycles. The molecule has 0 N–H and O–H groups in total. The van der Waals surface area contributed by atoms with E-state index in [1.807, 2.05) is 0 Å². The quantitative estimate of drug-likeness (QED) is 0.824. The van der Waals surface area contributed by atoms with Crippen LogP contribution in [-0.2, 0) is 25.4 Å². The van der Waals surface area contributed by atoms with E-state index in [-0.39, 0.29) is 22.3 Å². The number of ketones is 1. The van der Waals surface area contributed by atoms with Gasteiger partial charge in [-0.3, -0.25) is 9.00 Å². The first-order valence-electron chi connectivity index (χ1n) is 5.42. The number of rotatable bonds is 5.